The van der Waals surface area contributed by atoms with Crippen molar-refractivity contribution in [1.82, 2.24) is 14.8 Å². The lowest BCUT2D eigenvalue weighted by molar-refractivity contribution is 0.230. The lowest BCUT2D eigenvalue weighted by atomic mass is 9.91. The van der Waals surface area contributed by atoms with E-state index in [1.165, 1.54) is 5.56 Å². The van der Waals surface area contributed by atoms with Gasteiger partial charge in [0.05, 0.1) is 13.2 Å². The van der Waals surface area contributed by atoms with Gasteiger partial charge in [-0.3, -0.25) is 0 Å². The molecule has 152 valence electrons. The third-order valence-electron chi connectivity index (χ3n) is 5.30. The molecule has 1 aliphatic rings. The number of nitrogens with zero attached hydrogens (tertiary/aromatic N) is 3. The highest BCUT2D eigenvalue weighted by atomic mass is 16.5. The summed E-state index contributed by atoms with van der Waals surface area (Å²) in [7, 11) is 1.67. The molecule has 0 unspecified atom stereocenters. The first kappa shape index (κ1) is 19.3. The third-order valence-corrected chi connectivity index (χ3v) is 5.30. The number of methoxy groups -OCH3 is 1. The van der Waals surface area contributed by atoms with Gasteiger partial charge in [-0.1, -0.05) is 18.2 Å². The Balaban J connectivity index is 1.38. The molecule has 0 aliphatic carbocycles. The molecule has 0 saturated heterocycles. The van der Waals surface area contributed by atoms with E-state index in [0.717, 1.165) is 54.5 Å². The summed E-state index contributed by atoms with van der Waals surface area (Å²) in [5.41, 5.74) is 3.63. The van der Waals surface area contributed by atoms with Gasteiger partial charge in [0.15, 0.2) is 11.5 Å². The second-order valence-corrected chi connectivity index (χ2v) is 7.76. The molecule has 1 aromatic heterocycles. The zero-order valence-electron chi connectivity index (χ0n) is 17.3. The SMILES string of the molecule is COc1ccc(CNc2ccc([C@H]3CCc4nncn4C3)cc2)cc1OC(C)C. The van der Waals surface area contributed by atoms with Crippen LogP contribution in [0, 0.1) is 0 Å². The Hall–Kier alpha value is -3.02. The highest BCUT2D eigenvalue weighted by Crippen LogP contribution is 2.30. The minimum Gasteiger partial charge on any atom is -0.493 e. The molecule has 2 aromatic carbocycles. The van der Waals surface area contributed by atoms with Crippen molar-refractivity contribution in [1.29, 1.82) is 0 Å². The average Bonchev–Trinajstić information content (AvgIpc) is 3.20. The van der Waals surface area contributed by atoms with Crippen LogP contribution in [0.4, 0.5) is 5.69 Å². The predicted molar refractivity (Wildman–Crippen MR) is 114 cm³/mol. The molecular formula is C23H28N4O2. The lowest BCUT2D eigenvalue weighted by Crippen LogP contribution is -2.18. The van der Waals surface area contributed by atoms with Crippen molar-refractivity contribution in [3.8, 4) is 11.5 Å². The topological polar surface area (TPSA) is 61.2 Å². The first-order chi connectivity index (χ1) is 14.1. The molecule has 1 atom stereocenters. The van der Waals surface area contributed by atoms with Crippen molar-refractivity contribution < 1.29 is 9.47 Å². The van der Waals surface area contributed by atoms with Gasteiger partial charge in [-0.25, -0.2) is 0 Å². The highest BCUT2D eigenvalue weighted by molar-refractivity contribution is 5.48. The summed E-state index contributed by atoms with van der Waals surface area (Å²) in [5.74, 6) is 3.16. The first-order valence-corrected chi connectivity index (χ1v) is 10.2. The molecule has 2 heterocycles. The molecular weight excluding hydrogens is 364 g/mol. The van der Waals surface area contributed by atoms with E-state index < -0.39 is 0 Å². The fourth-order valence-electron chi connectivity index (χ4n) is 3.78. The molecule has 0 saturated carbocycles. The van der Waals surface area contributed by atoms with Gasteiger partial charge in [0, 0.05) is 31.1 Å². The van der Waals surface area contributed by atoms with E-state index in [1.54, 1.807) is 7.11 Å². The van der Waals surface area contributed by atoms with Gasteiger partial charge in [0.1, 0.15) is 12.2 Å². The zero-order chi connectivity index (χ0) is 20.2. The molecule has 1 N–H and O–H groups in total. The Kier molecular flexibility index (Phi) is 5.69. The van der Waals surface area contributed by atoms with Crippen LogP contribution >= 0.6 is 0 Å². The van der Waals surface area contributed by atoms with E-state index in [2.05, 4.69) is 50.4 Å². The van der Waals surface area contributed by atoms with Gasteiger partial charge in [-0.05, 0) is 55.7 Å². The Morgan fingerprint density at radius 1 is 1.14 bits per heavy atom. The van der Waals surface area contributed by atoms with E-state index in [-0.39, 0.29) is 6.10 Å². The largest absolute Gasteiger partial charge is 0.493 e. The van der Waals surface area contributed by atoms with Gasteiger partial charge in [0.25, 0.3) is 0 Å². The van der Waals surface area contributed by atoms with Gasteiger partial charge in [-0.2, -0.15) is 0 Å². The van der Waals surface area contributed by atoms with Crippen LogP contribution in [0.2, 0.25) is 0 Å². The third kappa shape index (κ3) is 4.53. The van der Waals surface area contributed by atoms with Crippen LogP contribution in [0.1, 0.15) is 43.1 Å². The van der Waals surface area contributed by atoms with Crippen LogP contribution in [0.25, 0.3) is 0 Å². The van der Waals surface area contributed by atoms with Gasteiger partial charge < -0.3 is 19.4 Å². The quantitative estimate of drug-likeness (QED) is 0.645. The van der Waals surface area contributed by atoms with Crippen molar-refractivity contribution in [3.63, 3.8) is 0 Å². The summed E-state index contributed by atoms with van der Waals surface area (Å²) < 4.78 is 13.4. The molecule has 0 fully saturated rings. The summed E-state index contributed by atoms with van der Waals surface area (Å²) in [6.45, 7) is 5.72. The predicted octanol–water partition coefficient (Wildman–Crippen LogP) is 4.42. The zero-order valence-corrected chi connectivity index (χ0v) is 17.3. The maximum Gasteiger partial charge on any atom is 0.161 e. The molecule has 4 rings (SSSR count). The molecule has 6 heteroatoms. The summed E-state index contributed by atoms with van der Waals surface area (Å²) >= 11 is 0. The minimum atomic E-state index is 0.105. The number of fused-ring (bicyclic) bond motifs is 1. The second kappa shape index (κ2) is 8.55. The van der Waals surface area contributed by atoms with Crippen LogP contribution < -0.4 is 14.8 Å². The number of hydrogen-bond donors (Lipinski definition) is 1. The number of nitrogens with one attached hydrogen (secondary N) is 1. The number of hydrogen-bond acceptors (Lipinski definition) is 5. The standard InChI is InChI=1S/C23H28N4O2/c1-16(2)29-22-12-17(4-10-21(22)28-3)13-24-20-8-5-18(6-9-20)19-7-11-23-26-25-15-27(23)14-19/h4-6,8-10,12,15-16,19,24H,7,11,13-14H2,1-3H3/t19-/m0/s1. The molecule has 0 bridgehead atoms. The van der Waals surface area contributed by atoms with Crippen molar-refractivity contribution in [2.75, 3.05) is 12.4 Å². The lowest BCUT2D eigenvalue weighted by Gasteiger charge is -2.23. The molecule has 3 aromatic rings. The first-order valence-electron chi connectivity index (χ1n) is 10.2. The normalized spacial score (nSPS) is 15.8. The Morgan fingerprint density at radius 3 is 2.72 bits per heavy atom. The molecule has 6 nitrogen and oxygen atoms in total. The van der Waals surface area contributed by atoms with Crippen LogP contribution in [0.3, 0.4) is 0 Å². The number of rotatable bonds is 7. The fraction of sp³-hybridized carbons (Fsp3) is 0.391. The van der Waals surface area contributed by atoms with E-state index in [4.69, 9.17) is 9.47 Å². The van der Waals surface area contributed by atoms with E-state index in [9.17, 15) is 0 Å². The number of aryl methyl sites for hydroxylation is 1. The monoisotopic (exact) mass is 392 g/mol. The highest BCUT2D eigenvalue weighted by Gasteiger charge is 2.20. The molecule has 0 amide bonds. The fourth-order valence-corrected chi connectivity index (χ4v) is 3.78. The van der Waals surface area contributed by atoms with Crippen molar-refractivity contribution >= 4 is 5.69 Å². The summed E-state index contributed by atoms with van der Waals surface area (Å²) in [4.78, 5) is 0. The van der Waals surface area contributed by atoms with Gasteiger partial charge in [0.2, 0.25) is 0 Å². The van der Waals surface area contributed by atoms with Crippen LogP contribution in [0.5, 0.6) is 11.5 Å². The molecule has 29 heavy (non-hydrogen) atoms. The van der Waals surface area contributed by atoms with Crippen molar-refractivity contribution in [2.24, 2.45) is 0 Å². The maximum absolute atomic E-state index is 5.87. The number of anilines is 1. The van der Waals surface area contributed by atoms with Gasteiger partial charge >= 0.3 is 0 Å². The summed E-state index contributed by atoms with van der Waals surface area (Å²) in [6.07, 6.45) is 4.05. The number of ether oxygens (including phenoxy) is 2. The second-order valence-electron chi connectivity index (χ2n) is 7.76. The smallest absolute Gasteiger partial charge is 0.161 e. The Morgan fingerprint density at radius 2 is 1.97 bits per heavy atom. The molecule has 1 aliphatic heterocycles. The van der Waals surface area contributed by atoms with Crippen LogP contribution in [-0.4, -0.2) is 28.0 Å². The van der Waals surface area contributed by atoms with E-state index >= 15 is 0 Å². The maximum atomic E-state index is 5.87. The minimum absolute atomic E-state index is 0.105. The average molecular weight is 393 g/mol. The number of aromatic nitrogens is 3. The molecule has 0 radical (unpaired) electrons. The van der Waals surface area contributed by atoms with E-state index in [1.807, 2.05) is 32.3 Å². The summed E-state index contributed by atoms with van der Waals surface area (Å²) in [6, 6.07) is 14.8. The van der Waals surface area contributed by atoms with Crippen molar-refractivity contribution in [3.05, 3.63) is 65.7 Å². The van der Waals surface area contributed by atoms with Crippen molar-refractivity contribution in [2.45, 2.75) is 51.8 Å². The van der Waals surface area contributed by atoms with Gasteiger partial charge in [-0.15, -0.1) is 10.2 Å². The van der Waals surface area contributed by atoms with Crippen LogP contribution in [-0.2, 0) is 19.5 Å². The summed E-state index contributed by atoms with van der Waals surface area (Å²) in [5, 5.41) is 11.7. The Bertz CT molecular complexity index is 950. The molecule has 0 spiro atoms. The Labute approximate surface area is 171 Å². The number of benzene rings is 2. The van der Waals surface area contributed by atoms with E-state index in [0.29, 0.717) is 5.92 Å². The van der Waals surface area contributed by atoms with Crippen LogP contribution in [0.15, 0.2) is 48.8 Å².